The van der Waals surface area contributed by atoms with Crippen LogP contribution in [-0.4, -0.2) is 36.1 Å². The van der Waals surface area contributed by atoms with Gasteiger partial charge in [-0.1, -0.05) is 0 Å². The normalized spacial score (nSPS) is 18.4. The van der Waals surface area contributed by atoms with Crippen molar-refractivity contribution in [1.82, 2.24) is 4.90 Å². The summed E-state index contributed by atoms with van der Waals surface area (Å²) >= 11 is 0. The molecule has 1 aliphatic heterocycles. The van der Waals surface area contributed by atoms with E-state index >= 15 is 0 Å². The number of hydrogen-bond donors (Lipinski definition) is 1. The van der Waals surface area contributed by atoms with Crippen LogP contribution < -0.4 is 5.73 Å². The Kier molecular flexibility index (Phi) is 3.11. The number of carbonyl (C=O) groups excluding carboxylic acids is 2. The van der Waals surface area contributed by atoms with Gasteiger partial charge in [0, 0.05) is 13.1 Å². The van der Waals surface area contributed by atoms with Crippen LogP contribution in [0.3, 0.4) is 0 Å². The first kappa shape index (κ1) is 9.83. The largest absolute Gasteiger partial charge is 0.437 e. The third kappa shape index (κ3) is 2.61. The van der Waals surface area contributed by atoms with Gasteiger partial charge in [-0.2, -0.15) is 0 Å². The fraction of sp³-hybridized carbons (Fsp3) is 0.750. The van der Waals surface area contributed by atoms with Gasteiger partial charge < -0.3 is 15.4 Å². The molecule has 5 nitrogen and oxygen atoms in total. The highest BCUT2D eigenvalue weighted by Crippen LogP contribution is 2.10. The van der Waals surface area contributed by atoms with Crippen LogP contribution in [0, 0.1) is 0 Å². The summed E-state index contributed by atoms with van der Waals surface area (Å²) in [5, 5.41) is 0. The number of rotatable bonds is 2. The van der Waals surface area contributed by atoms with Gasteiger partial charge in [-0.3, -0.25) is 4.79 Å². The monoisotopic (exact) mass is 186 g/mol. The zero-order chi connectivity index (χ0) is 9.84. The molecule has 0 saturated carbocycles. The predicted octanol–water partition coefficient (Wildman–Crippen LogP) is 0.0926. The SMILES string of the molecule is CC(OC(N)=O)C(=O)N1CCCC1. The number of nitrogens with zero attached hydrogens (tertiary/aromatic N) is 1. The molecular weight excluding hydrogens is 172 g/mol. The summed E-state index contributed by atoms with van der Waals surface area (Å²) in [5.41, 5.74) is 4.80. The minimum atomic E-state index is -0.903. The summed E-state index contributed by atoms with van der Waals surface area (Å²) in [6, 6.07) is 0. The standard InChI is InChI=1S/C8H14N2O3/c1-6(13-8(9)12)7(11)10-4-2-3-5-10/h6H,2-5H2,1H3,(H2,9,12). The van der Waals surface area contributed by atoms with Crippen molar-refractivity contribution in [2.75, 3.05) is 13.1 Å². The van der Waals surface area contributed by atoms with E-state index in [1.54, 1.807) is 4.90 Å². The number of likely N-dealkylation sites (tertiary alicyclic amines) is 1. The lowest BCUT2D eigenvalue weighted by atomic mass is 10.3. The van der Waals surface area contributed by atoms with Crippen molar-refractivity contribution in [3.05, 3.63) is 0 Å². The van der Waals surface area contributed by atoms with Crippen LogP contribution in [0.5, 0.6) is 0 Å². The van der Waals surface area contributed by atoms with Crippen molar-refractivity contribution in [1.29, 1.82) is 0 Å². The molecule has 1 heterocycles. The van der Waals surface area contributed by atoms with Gasteiger partial charge in [-0.25, -0.2) is 4.79 Å². The first-order chi connectivity index (χ1) is 6.11. The Bertz CT molecular complexity index is 211. The third-order valence-corrected chi connectivity index (χ3v) is 2.06. The van der Waals surface area contributed by atoms with Gasteiger partial charge in [0.1, 0.15) is 0 Å². The molecule has 74 valence electrons. The maximum atomic E-state index is 11.5. The van der Waals surface area contributed by atoms with E-state index in [1.807, 2.05) is 0 Å². The molecule has 1 unspecified atom stereocenters. The summed E-state index contributed by atoms with van der Waals surface area (Å²) < 4.78 is 4.57. The van der Waals surface area contributed by atoms with Gasteiger partial charge in [-0.15, -0.1) is 0 Å². The van der Waals surface area contributed by atoms with E-state index in [-0.39, 0.29) is 5.91 Å². The summed E-state index contributed by atoms with van der Waals surface area (Å²) in [7, 11) is 0. The lowest BCUT2D eigenvalue weighted by Gasteiger charge is -2.19. The maximum Gasteiger partial charge on any atom is 0.405 e. The van der Waals surface area contributed by atoms with Crippen molar-refractivity contribution in [2.24, 2.45) is 5.73 Å². The van der Waals surface area contributed by atoms with Crippen molar-refractivity contribution in [2.45, 2.75) is 25.9 Å². The van der Waals surface area contributed by atoms with Crippen molar-refractivity contribution in [3.8, 4) is 0 Å². The summed E-state index contributed by atoms with van der Waals surface area (Å²) in [6.07, 6.45) is 0.389. The summed E-state index contributed by atoms with van der Waals surface area (Å²) in [6.45, 7) is 3.04. The smallest absolute Gasteiger partial charge is 0.405 e. The highest BCUT2D eigenvalue weighted by atomic mass is 16.6. The van der Waals surface area contributed by atoms with Gasteiger partial charge in [0.05, 0.1) is 0 Å². The third-order valence-electron chi connectivity index (χ3n) is 2.06. The van der Waals surface area contributed by atoms with E-state index in [9.17, 15) is 9.59 Å². The molecule has 13 heavy (non-hydrogen) atoms. The van der Waals surface area contributed by atoms with Crippen LogP contribution in [-0.2, 0) is 9.53 Å². The molecule has 1 saturated heterocycles. The fourth-order valence-electron chi connectivity index (χ4n) is 1.42. The average Bonchev–Trinajstić information content (AvgIpc) is 2.53. The van der Waals surface area contributed by atoms with Crippen LogP contribution >= 0.6 is 0 Å². The van der Waals surface area contributed by atoms with E-state index in [4.69, 9.17) is 5.73 Å². The molecule has 0 bridgehead atoms. The van der Waals surface area contributed by atoms with Gasteiger partial charge in [0.2, 0.25) is 0 Å². The van der Waals surface area contributed by atoms with Gasteiger partial charge in [0.15, 0.2) is 6.10 Å². The van der Waals surface area contributed by atoms with Gasteiger partial charge >= 0.3 is 6.09 Å². The second-order valence-corrected chi connectivity index (χ2v) is 3.11. The first-order valence-electron chi connectivity index (χ1n) is 4.36. The summed E-state index contributed by atoms with van der Waals surface area (Å²) in [5.74, 6) is -0.156. The first-order valence-corrected chi connectivity index (χ1v) is 4.36. The molecule has 2 amide bonds. The Morgan fingerprint density at radius 2 is 1.92 bits per heavy atom. The Balaban J connectivity index is 2.41. The Labute approximate surface area is 76.8 Å². The molecule has 2 N–H and O–H groups in total. The second kappa shape index (κ2) is 4.11. The van der Waals surface area contributed by atoms with E-state index in [0.29, 0.717) is 0 Å². The minimum Gasteiger partial charge on any atom is -0.437 e. The molecule has 0 aliphatic carbocycles. The molecule has 1 aliphatic rings. The van der Waals surface area contributed by atoms with E-state index < -0.39 is 12.2 Å². The molecule has 1 atom stereocenters. The molecule has 0 aromatic heterocycles. The Morgan fingerprint density at radius 3 is 2.38 bits per heavy atom. The van der Waals surface area contributed by atoms with Crippen LogP contribution in [0.2, 0.25) is 0 Å². The van der Waals surface area contributed by atoms with Crippen LogP contribution in [0.25, 0.3) is 0 Å². The van der Waals surface area contributed by atoms with Crippen molar-refractivity contribution in [3.63, 3.8) is 0 Å². The second-order valence-electron chi connectivity index (χ2n) is 3.11. The van der Waals surface area contributed by atoms with E-state index in [2.05, 4.69) is 4.74 Å². The number of hydrogen-bond acceptors (Lipinski definition) is 3. The molecule has 0 spiro atoms. The highest BCUT2D eigenvalue weighted by molar-refractivity contribution is 5.83. The minimum absolute atomic E-state index is 0.156. The number of nitrogens with two attached hydrogens (primary N) is 1. The Morgan fingerprint density at radius 1 is 1.38 bits per heavy atom. The average molecular weight is 186 g/mol. The fourth-order valence-corrected chi connectivity index (χ4v) is 1.42. The predicted molar refractivity (Wildman–Crippen MR) is 45.9 cm³/mol. The van der Waals surface area contributed by atoms with E-state index in [0.717, 1.165) is 25.9 Å². The lowest BCUT2D eigenvalue weighted by molar-refractivity contribution is -0.138. The lowest BCUT2D eigenvalue weighted by Crippen LogP contribution is -2.38. The maximum absolute atomic E-state index is 11.5. The quantitative estimate of drug-likeness (QED) is 0.664. The zero-order valence-electron chi connectivity index (χ0n) is 7.66. The molecule has 0 aromatic rings. The van der Waals surface area contributed by atoms with Crippen LogP contribution in [0.4, 0.5) is 4.79 Å². The molecule has 1 rings (SSSR count). The van der Waals surface area contributed by atoms with Gasteiger partial charge in [-0.05, 0) is 19.8 Å². The molecular formula is C8H14N2O3. The Hall–Kier alpha value is -1.26. The zero-order valence-corrected chi connectivity index (χ0v) is 7.66. The topological polar surface area (TPSA) is 72.6 Å². The van der Waals surface area contributed by atoms with E-state index in [1.165, 1.54) is 6.92 Å². The van der Waals surface area contributed by atoms with Crippen molar-refractivity contribution < 1.29 is 14.3 Å². The van der Waals surface area contributed by atoms with Gasteiger partial charge in [0.25, 0.3) is 5.91 Å². The number of amides is 2. The number of carbonyl (C=O) groups is 2. The molecule has 0 aromatic carbocycles. The highest BCUT2D eigenvalue weighted by Gasteiger charge is 2.24. The van der Waals surface area contributed by atoms with Crippen LogP contribution in [0.15, 0.2) is 0 Å². The summed E-state index contributed by atoms with van der Waals surface area (Å²) in [4.78, 5) is 23.5. The van der Waals surface area contributed by atoms with Crippen LogP contribution in [0.1, 0.15) is 19.8 Å². The van der Waals surface area contributed by atoms with Crippen molar-refractivity contribution >= 4 is 12.0 Å². The molecule has 1 fully saturated rings. The number of primary amides is 1. The number of ether oxygens (including phenoxy) is 1. The molecule has 5 heteroatoms. The molecule has 0 radical (unpaired) electrons.